The van der Waals surface area contributed by atoms with Gasteiger partial charge in [0.2, 0.25) is 0 Å². The van der Waals surface area contributed by atoms with Gasteiger partial charge in [0, 0.05) is 20.1 Å². The van der Waals surface area contributed by atoms with Crippen LogP contribution in [0.1, 0.15) is 0 Å². The number of anilines is 2. The maximum absolute atomic E-state index is 11.9. The first kappa shape index (κ1) is 13.2. The Labute approximate surface area is 110 Å². The van der Waals surface area contributed by atoms with E-state index in [0.29, 0.717) is 13.1 Å². The van der Waals surface area contributed by atoms with Gasteiger partial charge in [-0.15, -0.1) is 0 Å². The predicted octanol–water partition coefficient (Wildman–Crippen LogP) is 0.669. The average Bonchev–Trinajstić information content (AvgIpc) is 2.39. The first-order valence-corrected chi connectivity index (χ1v) is 5.81. The lowest BCUT2D eigenvalue weighted by Crippen LogP contribution is -2.47. The SMILES string of the molecule is CN1CCN(C(=O)NOCC(=O)O)c2ccccc21. The number of hydroxylamine groups is 1. The Morgan fingerprint density at radius 2 is 2.00 bits per heavy atom. The van der Waals surface area contributed by atoms with Gasteiger partial charge in [-0.25, -0.2) is 15.1 Å². The van der Waals surface area contributed by atoms with Crippen molar-refractivity contribution in [2.45, 2.75) is 0 Å². The molecule has 1 aliphatic rings. The van der Waals surface area contributed by atoms with Crippen LogP contribution < -0.4 is 15.3 Å². The van der Waals surface area contributed by atoms with Gasteiger partial charge in [0.25, 0.3) is 0 Å². The highest BCUT2D eigenvalue weighted by Gasteiger charge is 2.24. The summed E-state index contributed by atoms with van der Waals surface area (Å²) in [6, 6.07) is 7.03. The molecule has 1 aliphatic heterocycles. The lowest BCUT2D eigenvalue weighted by atomic mass is 10.2. The van der Waals surface area contributed by atoms with Gasteiger partial charge in [-0.05, 0) is 12.1 Å². The third kappa shape index (κ3) is 2.94. The smallest absolute Gasteiger partial charge is 0.345 e. The van der Waals surface area contributed by atoms with Crippen molar-refractivity contribution in [2.24, 2.45) is 0 Å². The van der Waals surface area contributed by atoms with E-state index in [1.165, 1.54) is 4.90 Å². The zero-order valence-corrected chi connectivity index (χ0v) is 10.5. The molecule has 7 nitrogen and oxygen atoms in total. The van der Waals surface area contributed by atoms with Crippen molar-refractivity contribution < 1.29 is 19.5 Å². The van der Waals surface area contributed by atoms with Gasteiger partial charge in [-0.1, -0.05) is 12.1 Å². The molecule has 0 saturated heterocycles. The van der Waals surface area contributed by atoms with Gasteiger partial charge in [0.05, 0.1) is 11.4 Å². The highest BCUT2D eigenvalue weighted by molar-refractivity contribution is 5.96. The first-order valence-electron chi connectivity index (χ1n) is 5.81. The number of likely N-dealkylation sites (N-methyl/N-ethyl adjacent to an activating group) is 1. The lowest BCUT2D eigenvalue weighted by molar-refractivity contribution is -0.143. The molecule has 19 heavy (non-hydrogen) atoms. The number of carboxylic acid groups (broad SMARTS) is 1. The van der Waals surface area contributed by atoms with E-state index in [-0.39, 0.29) is 0 Å². The highest BCUT2D eigenvalue weighted by atomic mass is 16.7. The molecule has 1 aromatic carbocycles. The minimum atomic E-state index is -1.14. The second kappa shape index (κ2) is 5.57. The summed E-state index contributed by atoms with van der Waals surface area (Å²) in [5.41, 5.74) is 3.84. The van der Waals surface area contributed by atoms with Crippen LogP contribution in [0.2, 0.25) is 0 Å². The second-order valence-corrected chi connectivity index (χ2v) is 4.15. The van der Waals surface area contributed by atoms with Crippen LogP contribution in [0.4, 0.5) is 16.2 Å². The molecule has 0 radical (unpaired) electrons. The van der Waals surface area contributed by atoms with E-state index < -0.39 is 18.6 Å². The van der Waals surface area contributed by atoms with Gasteiger partial charge in [0.15, 0.2) is 6.61 Å². The fraction of sp³-hybridized carbons (Fsp3) is 0.333. The lowest BCUT2D eigenvalue weighted by Gasteiger charge is -2.35. The summed E-state index contributed by atoms with van der Waals surface area (Å²) < 4.78 is 0. The highest BCUT2D eigenvalue weighted by Crippen LogP contribution is 2.31. The number of nitrogens with one attached hydrogen (secondary N) is 1. The van der Waals surface area contributed by atoms with E-state index in [0.717, 1.165) is 11.4 Å². The fourth-order valence-corrected chi connectivity index (χ4v) is 1.93. The van der Waals surface area contributed by atoms with E-state index in [9.17, 15) is 9.59 Å². The van der Waals surface area contributed by atoms with E-state index >= 15 is 0 Å². The van der Waals surface area contributed by atoms with Crippen LogP contribution in [0.3, 0.4) is 0 Å². The maximum Gasteiger partial charge on any atom is 0.345 e. The summed E-state index contributed by atoms with van der Waals surface area (Å²) >= 11 is 0. The maximum atomic E-state index is 11.9. The number of amides is 2. The number of aliphatic carboxylic acids is 1. The molecular weight excluding hydrogens is 250 g/mol. The third-order valence-corrected chi connectivity index (χ3v) is 2.84. The van der Waals surface area contributed by atoms with E-state index in [1.54, 1.807) is 0 Å². The van der Waals surface area contributed by atoms with E-state index in [4.69, 9.17) is 5.11 Å². The number of rotatable bonds is 3. The molecule has 0 unspecified atom stereocenters. The van der Waals surface area contributed by atoms with Gasteiger partial charge in [-0.3, -0.25) is 9.74 Å². The minimum Gasteiger partial charge on any atom is -0.479 e. The Morgan fingerprint density at radius 1 is 1.32 bits per heavy atom. The van der Waals surface area contributed by atoms with Crippen LogP contribution in [0.5, 0.6) is 0 Å². The summed E-state index contributed by atoms with van der Waals surface area (Å²) in [6.07, 6.45) is 0. The van der Waals surface area contributed by atoms with Crippen LogP contribution in [0.15, 0.2) is 24.3 Å². The molecule has 0 spiro atoms. The molecule has 0 bridgehead atoms. The number of para-hydroxylation sites is 2. The molecule has 0 atom stereocenters. The van der Waals surface area contributed by atoms with Gasteiger partial charge < -0.3 is 10.0 Å². The number of carbonyl (C=O) groups excluding carboxylic acids is 1. The molecule has 102 valence electrons. The molecule has 0 saturated carbocycles. The Bertz CT molecular complexity index is 492. The van der Waals surface area contributed by atoms with E-state index in [1.807, 2.05) is 31.3 Å². The Kier molecular flexibility index (Phi) is 3.86. The predicted molar refractivity (Wildman–Crippen MR) is 69.2 cm³/mol. The van der Waals surface area contributed by atoms with E-state index in [2.05, 4.69) is 15.2 Å². The number of hydrogen-bond donors (Lipinski definition) is 2. The molecule has 1 heterocycles. The summed E-state index contributed by atoms with van der Waals surface area (Å²) in [4.78, 5) is 30.4. The molecule has 0 fully saturated rings. The monoisotopic (exact) mass is 265 g/mol. The average molecular weight is 265 g/mol. The molecule has 2 N–H and O–H groups in total. The minimum absolute atomic E-state index is 0.471. The number of benzene rings is 1. The number of fused-ring (bicyclic) bond motifs is 1. The molecule has 0 aliphatic carbocycles. The van der Waals surface area contributed by atoms with Crippen molar-refractivity contribution in [1.82, 2.24) is 5.48 Å². The molecule has 2 amide bonds. The number of carboxylic acids is 1. The molecule has 7 heteroatoms. The first-order chi connectivity index (χ1) is 9.09. The summed E-state index contributed by atoms with van der Waals surface area (Å²) in [7, 11) is 1.95. The zero-order valence-electron chi connectivity index (χ0n) is 10.5. The summed E-state index contributed by atoms with van der Waals surface area (Å²) in [5, 5.41) is 8.43. The summed E-state index contributed by atoms with van der Waals surface area (Å²) in [6.45, 7) is 0.639. The van der Waals surface area contributed by atoms with Crippen molar-refractivity contribution in [3.8, 4) is 0 Å². The van der Waals surface area contributed by atoms with Crippen molar-refractivity contribution in [3.63, 3.8) is 0 Å². The van der Waals surface area contributed by atoms with Gasteiger partial charge >= 0.3 is 12.0 Å². The largest absolute Gasteiger partial charge is 0.479 e. The number of urea groups is 1. The van der Waals surface area contributed by atoms with Crippen LogP contribution in [0.25, 0.3) is 0 Å². The van der Waals surface area contributed by atoms with Crippen LogP contribution >= 0.6 is 0 Å². The standard InChI is InChI=1S/C12H15N3O4/c1-14-6-7-15(10-5-3-2-4-9(10)14)12(18)13-19-8-11(16)17/h2-5H,6-8H2,1H3,(H,13,18)(H,16,17). The number of carbonyl (C=O) groups is 2. The zero-order chi connectivity index (χ0) is 13.8. The van der Waals surface area contributed by atoms with Gasteiger partial charge in [-0.2, -0.15) is 0 Å². The number of nitrogens with zero attached hydrogens (tertiary/aromatic N) is 2. The van der Waals surface area contributed by atoms with Gasteiger partial charge in [0.1, 0.15) is 0 Å². The molecule has 2 rings (SSSR count). The van der Waals surface area contributed by atoms with Crippen LogP contribution in [0, 0.1) is 0 Å². The Balaban J connectivity index is 2.07. The topological polar surface area (TPSA) is 82.1 Å². The molecule has 0 aromatic heterocycles. The Morgan fingerprint density at radius 3 is 2.68 bits per heavy atom. The van der Waals surface area contributed by atoms with Crippen molar-refractivity contribution in [2.75, 3.05) is 36.5 Å². The normalized spacial score (nSPS) is 13.9. The van der Waals surface area contributed by atoms with Crippen molar-refractivity contribution in [1.29, 1.82) is 0 Å². The quantitative estimate of drug-likeness (QED) is 0.785. The summed E-state index contributed by atoms with van der Waals surface area (Å²) in [5.74, 6) is -1.14. The molecule has 1 aromatic rings. The van der Waals surface area contributed by atoms with Crippen molar-refractivity contribution in [3.05, 3.63) is 24.3 Å². The Hall–Kier alpha value is -2.28. The second-order valence-electron chi connectivity index (χ2n) is 4.15. The third-order valence-electron chi connectivity index (χ3n) is 2.84. The van der Waals surface area contributed by atoms with Crippen LogP contribution in [-0.4, -0.2) is 43.9 Å². The fourth-order valence-electron chi connectivity index (χ4n) is 1.93. The van der Waals surface area contributed by atoms with Crippen LogP contribution in [-0.2, 0) is 9.63 Å². The van der Waals surface area contributed by atoms with Crippen molar-refractivity contribution >= 4 is 23.4 Å². The number of hydrogen-bond acceptors (Lipinski definition) is 4. The molecular formula is C12H15N3O4.